The number of hydrogen-bond donors (Lipinski definition) is 0. The van der Waals surface area contributed by atoms with Crippen LogP contribution < -0.4 is 4.74 Å². The maximum absolute atomic E-state index is 5.86. The number of methoxy groups -OCH3 is 1. The summed E-state index contributed by atoms with van der Waals surface area (Å²) in [5, 5.41) is 4.18. The summed E-state index contributed by atoms with van der Waals surface area (Å²) < 4.78 is 8.89. The Morgan fingerprint density at radius 3 is 2.85 bits per heavy atom. The van der Waals surface area contributed by atoms with E-state index in [1.165, 1.54) is 6.33 Å². The molecule has 0 N–H and O–H groups in total. The molecular formula is C12H13ClN6O. The fraction of sp³-hybridized carbons (Fsp3) is 0.333. The van der Waals surface area contributed by atoms with Gasteiger partial charge in [0, 0.05) is 25.5 Å². The highest BCUT2D eigenvalue weighted by Gasteiger charge is 2.18. The lowest BCUT2D eigenvalue weighted by atomic mass is 10.4. The van der Waals surface area contributed by atoms with Crippen molar-refractivity contribution < 1.29 is 4.74 Å². The molecule has 0 spiro atoms. The van der Waals surface area contributed by atoms with Gasteiger partial charge in [0.2, 0.25) is 5.88 Å². The number of hydrogen-bond acceptors (Lipinski definition) is 5. The SMILES string of the molecule is COc1ncnc2c1nc(CCCl)n2-c1cnn(C)c1. The van der Waals surface area contributed by atoms with Crippen LogP contribution in [0.15, 0.2) is 18.7 Å². The van der Waals surface area contributed by atoms with Gasteiger partial charge >= 0.3 is 0 Å². The van der Waals surface area contributed by atoms with Gasteiger partial charge in [-0.25, -0.2) is 9.97 Å². The number of rotatable bonds is 4. The first-order valence-corrected chi connectivity index (χ1v) is 6.59. The molecule has 0 aliphatic carbocycles. The molecule has 20 heavy (non-hydrogen) atoms. The van der Waals surface area contributed by atoms with Gasteiger partial charge in [-0.05, 0) is 0 Å². The molecule has 0 saturated carbocycles. The van der Waals surface area contributed by atoms with Gasteiger partial charge in [0.1, 0.15) is 12.2 Å². The Hall–Kier alpha value is -2.15. The summed E-state index contributed by atoms with van der Waals surface area (Å²) in [5.41, 5.74) is 2.19. The summed E-state index contributed by atoms with van der Waals surface area (Å²) in [6.45, 7) is 0. The van der Waals surface area contributed by atoms with Crippen LogP contribution in [0.5, 0.6) is 5.88 Å². The van der Waals surface area contributed by atoms with Crippen molar-refractivity contribution in [1.29, 1.82) is 0 Å². The molecule has 104 valence electrons. The average Bonchev–Trinajstić information content (AvgIpc) is 3.01. The van der Waals surface area contributed by atoms with E-state index in [4.69, 9.17) is 16.3 Å². The van der Waals surface area contributed by atoms with E-state index >= 15 is 0 Å². The number of halogens is 1. The molecule has 3 aromatic heterocycles. The molecule has 0 unspecified atom stereocenters. The minimum Gasteiger partial charge on any atom is -0.479 e. The minimum absolute atomic E-state index is 0.452. The van der Waals surface area contributed by atoms with Gasteiger partial charge in [0.05, 0.1) is 19.0 Å². The van der Waals surface area contributed by atoms with Crippen LogP contribution in [0.2, 0.25) is 0 Å². The highest BCUT2D eigenvalue weighted by atomic mass is 35.5. The first kappa shape index (κ1) is 12.9. The predicted molar refractivity (Wildman–Crippen MR) is 74.4 cm³/mol. The summed E-state index contributed by atoms with van der Waals surface area (Å²) >= 11 is 5.86. The number of imidazole rings is 1. The highest BCUT2D eigenvalue weighted by Crippen LogP contribution is 2.25. The van der Waals surface area contributed by atoms with Crippen LogP contribution in [0.3, 0.4) is 0 Å². The van der Waals surface area contributed by atoms with Crippen LogP contribution in [0.25, 0.3) is 16.9 Å². The van der Waals surface area contributed by atoms with Crippen LogP contribution in [-0.4, -0.2) is 42.3 Å². The third-order valence-corrected chi connectivity index (χ3v) is 3.13. The molecule has 0 amide bonds. The number of alkyl halides is 1. The molecular weight excluding hydrogens is 280 g/mol. The van der Waals surface area contributed by atoms with Gasteiger partial charge in [-0.3, -0.25) is 9.25 Å². The van der Waals surface area contributed by atoms with Gasteiger partial charge in [0.15, 0.2) is 11.2 Å². The molecule has 0 saturated heterocycles. The summed E-state index contributed by atoms with van der Waals surface area (Å²) in [6.07, 6.45) is 5.73. The first-order valence-electron chi connectivity index (χ1n) is 6.06. The molecule has 3 heterocycles. The standard InChI is InChI=1S/C12H13ClN6O/c1-18-6-8(5-16-18)19-9(3-4-13)17-10-11(19)14-7-15-12(10)20-2/h5-7H,3-4H2,1-2H3. The molecule has 7 nitrogen and oxygen atoms in total. The van der Waals surface area contributed by atoms with Crippen LogP contribution in [0.1, 0.15) is 5.82 Å². The number of aryl methyl sites for hydroxylation is 2. The van der Waals surface area contributed by atoms with Gasteiger partial charge in [-0.2, -0.15) is 10.1 Å². The van der Waals surface area contributed by atoms with E-state index in [0.717, 1.165) is 11.5 Å². The third-order valence-electron chi connectivity index (χ3n) is 2.94. The number of aromatic nitrogens is 6. The topological polar surface area (TPSA) is 70.7 Å². The van der Waals surface area contributed by atoms with E-state index in [0.29, 0.717) is 29.3 Å². The molecule has 3 aromatic rings. The van der Waals surface area contributed by atoms with Crippen LogP contribution in [0.4, 0.5) is 0 Å². The smallest absolute Gasteiger partial charge is 0.245 e. The molecule has 0 radical (unpaired) electrons. The van der Waals surface area contributed by atoms with Crippen LogP contribution in [-0.2, 0) is 13.5 Å². The Balaban J connectivity index is 2.29. The van der Waals surface area contributed by atoms with Crippen molar-refractivity contribution in [3.05, 3.63) is 24.5 Å². The van der Waals surface area contributed by atoms with Gasteiger partial charge < -0.3 is 4.74 Å². The fourth-order valence-electron chi connectivity index (χ4n) is 2.11. The number of fused-ring (bicyclic) bond motifs is 1. The predicted octanol–water partition coefficient (Wildman–Crippen LogP) is 1.34. The maximum atomic E-state index is 5.86. The van der Waals surface area contributed by atoms with Crippen molar-refractivity contribution in [1.82, 2.24) is 29.3 Å². The molecule has 0 aliphatic rings. The van der Waals surface area contributed by atoms with E-state index in [1.807, 2.05) is 17.8 Å². The van der Waals surface area contributed by atoms with E-state index in [1.54, 1.807) is 18.0 Å². The number of nitrogens with zero attached hydrogens (tertiary/aromatic N) is 6. The van der Waals surface area contributed by atoms with E-state index < -0.39 is 0 Å². The summed E-state index contributed by atoms with van der Waals surface area (Å²) in [7, 11) is 3.42. The Bertz CT molecular complexity index is 750. The third kappa shape index (κ3) is 2.00. The van der Waals surface area contributed by atoms with E-state index in [2.05, 4.69) is 20.1 Å². The Morgan fingerprint density at radius 2 is 2.20 bits per heavy atom. The van der Waals surface area contributed by atoms with Crippen molar-refractivity contribution in [2.45, 2.75) is 6.42 Å². The number of ether oxygens (including phenoxy) is 1. The fourth-order valence-corrected chi connectivity index (χ4v) is 2.28. The van der Waals surface area contributed by atoms with Crippen molar-refractivity contribution in [3.63, 3.8) is 0 Å². The summed E-state index contributed by atoms with van der Waals surface area (Å²) in [6, 6.07) is 0. The zero-order chi connectivity index (χ0) is 14.1. The quantitative estimate of drug-likeness (QED) is 0.679. The van der Waals surface area contributed by atoms with Crippen LogP contribution in [0, 0.1) is 0 Å². The lowest BCUT2D eigenvalue weighted by Gasteiger charge is -2.04. The van der Waals surface area contributed by atoms with Gasteiger partial charge in [0.25, 0.3) is 0 Å². The van der Waals surface area contributed by atoms with Crippen molar-refractivity contribution >= 4 is 22.8 Å². The molecule has 0 atom stereocenters. The molecule has 3 rings (SSSR count). The Kier molecular flexibility index (Phi) is 3.27. The molecule has 8 heteroatoms. The average molecular weight is 293 g/mol. The van der Waals surface area contributed by atoms with E-state index in [-0.39, 0.29) is 0 Å². The largest absolute Gasteiger partial charge is 0.479 e. The van der Waals surface area contributed by atoms with Crippen molar-refractivity contribution in [2.75, 3.05) is 13.0 Å². The second kappa shape index (κ2) is 5.09. The summed E-state index contributed by atoms with van der Waals surface area (Å²) in [5.74, 6) is 1.73. The monoisotopic (exact) mass is 292 g/mol. The maximum Gasteiger partial charge on any atom is 0.245 e. The minimum atomic E-state index is 0.452. The first-order chi connectivity index (χ1) is 9.74. The van der Waals surface area contributed by atoms with Crippen molar-refractivity contribution in [3.8, 4) is 11.6 Å². The Morgan fingerprint density at radius 1 is 1.35 bits per heavy atom. The van der Waals surface area contributed by atoms with Crippen molar-refractivity contribution in [2.24, 2.45) is 7.05 Å². The summed E-state index contributed by atoms with van der Waals surface area (Å²) in [4.78, 5) is 12.9. The lowest BCUT2D eigenvalue weighted by Crippen LogP contribution is -2.02. The lowest BCUT2D eigenvalue weighted by molar-refractivity contribution is 0.401. The molecule has 0 fully saturated rings. The normalized spacial score (nSPS) is 11.2. The van der Waals surface area contributed by atoms with Gasteiger partial charge in [-0.15, -0.1) is 11.6 Å². The zero-order valence-corrected chi connectivity index (χ0v) is 11.9. The van der Waals surface area contributed by atoms with Gasteiger partial charge in [-0.1, -0.05) is 0 Å². The molecule has 0 aromatic carbocycles. The molecule has 0 bridgehead atoms. The second-order valence-electron chi connectivity index (χ2n) is 4.23. The highest BCUT2D eigenvalue weighted by molar-refractivity contribution is 6.17. The zero-order valence-electron chi connectivity index (χ0n) is 11.1. The molecule has 0 aliphatic heterocycles. The Labute approximate surface area is 120 Å². The van der Waals surface area contributed by atoms with Crippen LogP contribution >= 0.6 is 11.6 Å². The van der Waals surface area contributed by atoms with E-state index in [9.17, 15) is 0 Å². The second-order valence-corrected chi connectivity index (χ2v) is 4.61.